The molecule has 0 aromatic heterocycles. The Morgan fingerprint density at radius 1 is 1.03 bits per heavy atom. The standard InChI is InChI=1S/C26H22BrNO2/c27-25-15-10-19(11-16-25)3-1-5-23(26(29)30)14-9-20-7-12-22(13-8-20)24-6-2-4-21(17-24)18-28/h1-4,6-8,10-13,15-17,23H,5,9,14H2,(H,29,30). The first kappa shape index (κ1) is 21.5. The summed E-state index contributed by atoms with van der Waals surface area (Å²) < 4.78 is 1.02. The van der Waals surface area contributed by atoms with Crippen molar-refractivity contribution in [1.82, 2.24) is 0 Å². The fourth-order valence-electron chi connectivity index (χ4n) is 3.26. The summed E-state index contributed by atoms with van der Waals surface area (Å²) in [5.41, 5.74) is 4.85. The summed E-state index contributed by atoms with van der Waals surface area (Å²) in [6.45, 7) is 0. The highest BCUT2D eigenvalue weighted by Gasteiger charge is 2.15. The molecular formula is C26H22BrNO2. The molecule has 0 aliphatic rings. The van der Waals surface area contributed by atoms with Crippen LogP contribution < -0.4 is 0 Å². The summed E-state index contributed by atoms with van der Waals surface area (Å²) in [7, 11) is 0. The number of allylic oxidation sites excluding steroid dienone is 1. The normalized spacial score (nSPS) is 11.9. The highest BCUT2D eigenvalue weighted by atomic mass is 79.9. The number of aliphatic carboxylic acids is 1. The smallest absolute Gasteiger partial charge is 0.306 e. The van der Waals surface area contributed by atoms with Crippen LogP contribution in [0.5, 0.6) is 0 Å². The maximum Gasteiger partial charge on any atom is 0.306 e. The highest BCUT2D eigenvalue weighted by Crippen LogP contribution is 2.22. The molecule has 3 rings (SSSR count). The predicted octanol–water partition coefficient (Wildman–Crippen LogP) is 6.72. The summed E-state index contributed by atoms with van der Waals surface area (Å²) in [5.74, 6) is -1.18. The van der Waals surface area contributed by atoms with E-state index in [9.17, 15) is 9.90 Å². The molecule has 0 amide bonds. The van der Waals surface area contributed by atoms with Crippen molar-refractivity contribution in [3.8, 4) is 17.2 Å². The van der Waals surface area contributed by atoms with Gasteiger partial charge in [-0.3, -0.25) is 4.79 Å². The Labute approximate surface area is 185 Å². The molecule has 0 radical (unpaired) electrons. The summed E-state index contributed by atoms with van der Waals surface area (Å²) in [6.07, 6.45) is 5.70. The number of nitriles is 1. The SMILES string of the molecule is N#Cc1cccc(-c2ccc(CCC(CC=Cc3ccc(Br)cc3)C(=O)O)cc2)c1. The molecule has 1 unspecified atom stereocenters. The molecule has 0 spiro atoms. The van der Waals surface area contributed by atoms with Gasteiger partial charge in [0, 0.05) is 4.47 Å². The third kappa shape index (κ3) is 6.17. The van der Waals surface area contributed by atoms with Crippen LogP contribution in [0.4, 0.5) is 0 Å². The maximum atomic E-state index is 11.6. The van der Waals surface area contributed by atoms with Crippen LogP contribution in [0.1, 0.15) is 29.5 Å². The molecule has 0 saturated carbocycles. The number of rotatable bonds is 8. The first-order valence-corrected chi connectivity index (χ1v) is 10.6. The van der Waals surface area contributed by atoms with Crippen molar-refractivity contribution in [3.05, 3.63) is 100 Å². The number of carboxylic acid groups (broad SMARTS) is 1. The molecular weight excluding hydrogens is 438 g/mol. The second kappa shape index (κ2) is 10.6. The number of hydrogen-bond acceptors (Lipinski definition) is 2. The minimum absolute atomic E-state index is 0.413. The maximum absolute atomic E-state index is 11.6. The van der Waals surface area contributed by atoms with Crippen molar-refractivity contribution in [2.45, 2.75) is 19.3 Å². The average Bonchev–Trinajstić information content (AvgIpc) is 2.77. The molecule has 3 aromatic carbocycles. The number of carboxylic acids is 1. The van der Waals surface area contributed by atoms with Gasteiger partial charge >= 0.3 is 5.97 Å². The van der Waals surface area contributed by atoms with Gasteiger partial charge in [0.05, 0.1) is 17.6 Å². The van der Waals surface area contributed by atoms with Crippen LogP contribution in [0.2, 0.25) is 0 Å². The monoisotopic (exact) mass is 459 g/mol. The Kier molecular flexibility index (Phi) is 7.59. The van der Waals surface area contributed by atoms with E-state index < -0.39 is 11.9 Å². The van der Waals surface area contributed by atoms with E-state index in [2.05, 4.69) is 22.0 Å². The van der Waals surface area contributed by atoms with Crippen molar-refractivity contribution >= 4 is 28.0 Å². The predicted molar refractivity (Wildman–Crippen MR) is 124 cm³/mol. The molecule has 0 aliphatic carbocycles. The number of carbonyl (C=O) groups is 1. The Morgan fingerprint density at radius 2 is 1.77 bits per heavy atom. The zero-order chi connectivity index (χ0) is 21.3. The molecule has 0 bridgehead atoms. The molecule has 0 saturated heterocycles. The van der Waals surface area contributed by atoms with Gasteiger partial charge in [-0.1, -0.05) is 76.6 Å². The molecule has 4 heteroatoms. The molecule has 0 fully saturated rings. The molecule has 150 valence electrons. The van der Waals surface area contributed by atoms with Crippen LogP contribution >= 0.6 is 15.9 Å². The van der Waals surface area contributed by atoms with Crippen LogP contribution in [0.15, 0.2) is 83.3 Å². The second-order valence-electron chi connectivity index (χ2n) is 7.15. The van der Waals surface area contributed by atoms with Gasteiger partial charge in [0.15, 0.2) is 0 Å². The van der Waals surface area contributed by atoms with Crippen molar-refractivity contribution in [2.75, 3.05) is 0 Å². The number of aryl methyl sites for hydroxylation is 1. The van der Waals surface area contributed by atoms with E-state index in [1.54, 1.807) is 6.07 Å². The van der Waals surface area contributed by atoms with Gasteiger partial charge in [-0.05, 0) is 65.8 Å². The second-order valence-corrected chi connectivity index (χ2v) is 8.07. The van der Waals surface area contributed by atoms with Crippen LogP contribution in [0.25, 0.3) is 17.2 Å². The highest BCUT2D eigenvalue weighted by molar-refractivity contribution is 9.10. The van der Waals surface area contributed by atoms with Crippen LogP contribution in [0, 0.1) is 17.2 Å². The van der Waals surface area contributed by atoms with Gasteiger partial charge in [0.1, 0.15) is 0 Å². The minimum atomic E-state index is -0.764. The van der Waals surface area contributed by atoms with Gasteiger partial charge < -0.3 is 5.11 Å². The fraction of sp³-hybridized carbons (Fsp3) is 0.154. The first-order valence-electron chi connectivity index (χ1n) is 9.79. The number of benzene rings is 3. The average molecular weight is 460 g/mol. The molecule has 1 N–H and O–H groups in total. The largest absolute Gasteiger partial charge is 0.481 e. The van der Waals surface area contributed by atoms with Gasteiger partial charge in [0.25, 0.3) is 0 Å². The van der Waals surface area contributed by atoms with Crippen molar-refractivity contribution in [1.29, 1.82) is 5.26 Å². The first-order chi connectivity index (χ1) is 14.5. The van der Waals surface area contributed by atoms with Gasteiger partial charge in [0.2, 0.25) is 0 Å². The van der Waals surface area contributed by atoms with E-state index in [1.165, 1.54) is 0 Å². The zero-order valence-corrected chi connectivity index (χ0v) is 18.0. The summed E-state index contributed by atoms with van der Waals surface area (Å²) in [5, 5.41) is 18.6. The molecule has 30 heavy (non-hydrogen) atoms. The molecule has 3 nitrogen and oxygen atoms in total. The fourth-order valence-corrected chi connectivity index (χ4v) is 3.52. The summed E-state index contributed by atoms with van der Waals surface area (Å²) in [4.78, 5) is 11.6. The van der Waals surface area contributed by atoms with Gasteiger partial charge in [-0.15, -0.1) is 0 Å². The quantitative estimate of drug-likeness (QED) is 0.406. The third-order valence-corrected chi connectivity index (χ3v) is 5.54. The zero-order valence-electron chi connectivity index (χ0n) is 16.5. The molecule has 3 aromatic rings. The third-order valence-electron chi connectivity index (χ3n) is 5.01. The molecule has 1 atom stereocenters. The number of hydrogen-bond donors (Lipinski definition) is 1. The lowest BCUT2D eigenvalue weighted by Crippen LogP contribution is -2.13. The molecule has 0 aliphatic heterocycles. The Bertz CT molecular complexity index is 1060. The Morgan fingerprint density at radius 3 is 2.43 bits per heavy atom. The van der Waals surface area contributed by atoms with Crippen LogP contribution in [0.3, 0.4) is 0 Å². The topological polar surface area (TPSA) is 61.1 Å². The van der Waals surface area contributed by atoms with Crippen LogP contribution in [-0.2, 0) is 11.2 Å². The van der Waals surface area contributed by atoms with E-state index in [1.807, 2.05) is 78.9 Å². The van der Waals surface area contributed by atoms with Crippen molar-refractivity contribution < 1.29 is 9.90 Å². The van der Waals surface area contributed by atoms with Gasteiger partial charge in [-0.2, -0.15) is 5.26 Å². The van der Waals surface area contributed by atoms with Gasteiger partial charge in [-0.25, -0.2) is 0 Å². The minimum Gasteiger partial charge on any atom is -0.481 e. The lowest BCUT2D eigenvalue weighted by molar-refractivity contribution is -0.141. The van der Waals surface area contributed by atoms with E-state index in [0.717, 1.165) is 26.7 Å². The van der Waals surface area contributed by atoms with Crippen molar-refractivity contribution in [3.63, 3.8) is 0 Å². The van der Waals surface area contributed by atoms with E-state index >= 15 is 0 Å². The Hall–Kier alpha value is -3.16. The number of halogens is 1. The summed E-state index contributed by atoms with van der Waals surface area (Å²) >= 11 is 3.41. The van der Waals surface area contributed by atoms with Crippen LogP contribution in [-0.4, -0.2) is 11.1 Å². The summed E-state index contributed by atoms with van der Waals surface area (Å²) in [6, 6.07) is 25.7. The van der Waals surface area contributed by atoms with E-state index in [0.29, 0.717) is 24.8 Å². The van der Waals surface area contributed by atoms with E-state index in [4.69, 9.17) is 5.26 Å². The number of nitrogens with zero attached hydrogens (tertiary/aromatic N) is 1. The van der Waals surface area contributed by atoms with E-state index in [-0.39, 0.29) is 0 Å². The Balaban J connectivity index is 1.58. The lowest BCUT2D eigenvalue weighted by Gasteiger charge is -2.10. The molecule has 0 heterocycles. The van der Waals surface area contributed by atoms with Crippen molar-refractivity contribution in [2.24, 2.45) is 5.92 Å². The lowest BCUT2D eigenvalue weighted by atomic mass is 9.95.